The largest absolute Gasteiger partial charge is 0.497 e. The molecule has 0 saturated carbocycles. The number of hydrogen-bond acceptors (Lipinski definition) is 9. The number of thioether (sulfide) groups is 1. The molecule has 0 aliphatic rings. The Hall–Kier alpha value is -3.33. The van der Waals surface area contributed by atoms with Gasteiger partial charge in [0.2, 0.25) is 17.6 Å². The van der Waals surface area contributed by atoms with E-state index in [1.807, 2.05) is 48.5 Å². The first-order chi connectivity index (χ1) is 14.2. The van der Waals surface area contributed by atoms with E-state index in [2.05, 4.69) is 20.3 Å². The van der Waals surface area contributed by atoms with Crippen LogP contribution < -0.4 is 9.47 Å². The Balaban J connectivity index is 1.37. The first kappa shape index (κ1) is 19.0. The summed E-state index contributed by atoms with van der Waals surface area (Å²) in [4.78, 5) is 4.41. The molecule has 9 heteroatoms. The molecule has 8 nitrogen and oxygen atoms in total. The summed E-state index contributed by atoms with van der Waals surface area (Å²) in [6, 6.07) is 15.2. The van der Waals surface area contributed by atoms with Crippen LogP contribution in [0.3, 0.4) is 0 Å². The monoisotopic (exact) mass is 410 g/mol. The molecule has 0 aliphatic carbocycles. The Morgan fingerprint density at radius 2 is 1.76 bits per heavy atom. The number of nitrogens with zero attached hydrogens (tertiary/aromatic N) is 4. The van der Waals surface area contributed by atoms with Crippen LogP contribution in [0.2, 0.25) is 0 Å². The summed E-state index contributed by atoms with van der Waals surface area (Å²) < 4.78 is 21.5. The van der Waals surface area contributed by atoms with Gasteiger partial charge in [-0.15, -0.1) is 10.2 Å². The lowest BCUT2D eigenvalue weighted by Crippen LogP contribution is -1.89. The van der Waals surface area contributed by atoms with Gasteiger partial charge in [0.05, 0.1) is 32.0 Å². The Bertz CT molecular complexity index is 1080. The molecule has 0 radical (unpaired) electrons. The van der Waals surface area contributed by atoms with Crippen LogP contribution in [0.1, 0.15) is 17.3 Å². The van der Waals surface area contributed by atoms with E-state index >= 15 is 0 Å². The van der Waals surface area contributed by atoms with Gasteiger partial charge in [-0.3, -0.25) is 0 Å². The number of methoxy groups -OCH3 is 2. The number of rotatable bonds is 8. The minimum absolute atomic E-state index is 0.423. The SMILES string of the molecule is COc1ccc(Cc2nnc(SCc3nc(-c4ccccc4OC)no3)o2)cc1. The molecule has 0 saturated heterocycles. The van der Waals surface area contributed by atoms with E-state index in [1.54, 1.807) is 14.2 Å². The van der Waals surface area contributed by atoms with Crippen molar-refractivity contribution in [1.82, 2.24) is 20.3 Å². The maximum atomic E-state index is 5.69. The van der Waals surface area contributed by atoms with Crippen LogP contribution >= 0.6 is 11.8 Å². The summed E-state index contributed by atoms with van der Waals surface area (Å²) in [5.41, 5.74) is 1.83. The Morgan fingerprint density at radius 1 is 0.931 bits per heavy atom. The van der Waals surface area contributed by atoms with E-state index in [9.17, 15) is 0 Å². The highest BCUT2D eigenvalue weighted by molar-refractivity contribution is 7.98. The second-order valence-corrected chi connectivity index (χ2v) is 6.91. The molecule has 29 heavy (non-hydrogen) atoms. The van der Waals surface area contributed by atoms with Gasteiger partial charge in [-0.2, -0.15) is 4.98 Å². The lowest BCUT2D eigenvalue weighted by atomic mass is 10.1. The lowest BCUT2D eigenvalue weighted by Gasteiger charge is -2.02. The van der Waals surface area contributed by atoms with Gasteiger partial charge in [0, 0.05) is 0 Å². The van der Waals surface area contributed by atoms with Gasteiger partial charge in [0.1, 0.15) is 11.5 Å². The zero-order valence-corrected chi connectivity index (χ0v) is 16.7. The fraction of sp³-hybridized carbons (Fsp3) is 0.200. The van der Waals surface area contributed by atoms with E-state index in [4.69, 9.17) is 18.4 Å². The summed E-state index contributed by atoms with van der Waals surface area (Å²) in [5.74, 6) is 3.40. The molecule has 0 amide bonds. The predicted octanol–water partition coefficient (Wildman–Crippen LogP) is 4.02. The second-order valence-electron chi connectivity index (χ2n) is 5.99. The predicted molar refractivity (Wildman–Crippen MR) is 106 cm³/mol. The van der Waals surface area contributed by atoms with E-state index < -0.39 is 0 Å². The van der Waals surface area contributed by atoms with Crippen LogP contribution in [0.5, 0.6) is 11.5 Å². The Morgan fingerprint density at radius 3 is 2.55 bits per heavy atom. The number of hydrogen-bond donors (Lipinski definition) is 0. The molecule has 0 spiro atoms. The van der Waals surface area contributed by atoms with Crippen LogP contribution in [0.25, 0.3) is 11.4 Å². The fourth-order valence-electron chi connectivity index (χ4n) is 2.66. The van der Waals surface area contributed by atoms with E-state index in [-0.39, 0.29) is 0 Å². The third kappa shape index (κ3) is 4.57. The quantitative estimate of drug-likeness (QED) is 0.399. The average molecular weight is 410 g/mol. The lowest BCUT2D eigenvalue weighted by molar-refractivity contribution is 0.388. The molecule has 0 fully saturated rings. The number of ether oxygens (including phenoxy) is 2. The van der Waals surface area contributed by atoms with Crippen molar-refractivity contribution in [3.8, 4) is 22.9 Å². The van der Waals surface area contributed by atoms with Crippen molar-refractivity contribution in [1.29, 1.82) is 0 Å². The van der Waals surface area contributed by atoms with Gasteiger partial charge in [-0.05, 0) is 29.8 Å². The van der Waals surface area contributed by atoms with Crippen LogP contribution in [-0.4, -0.2) is 34.6 Å². The Kier molecular flexibility index (Phi) is 5.76. The molecule has 4 aromatic rings. The molecule has 0 atom stereocenters. The first-order valence-corrected chi connectivity index (χ1v) is 9.78. The molecule has 0 aliphatic heterocycles. The molecule has 2 aromatic carbocycles. The topological polar surface area (TPSA) is 96.3 Å². The van der Waals surface area contributed by atoms with Gasteiger partial charge < -0.3 is 18.4 Å². The smallest absolute Gasteiger partial charge is 0.277 e. The van der Waals surface area contributed by atoms with E-state index in [1.165, 1.54) is 11.8 Å². The molecule has 0 N–H and O–H groups in total. The Labute approximate surface area is 171 Å². The van der Waals surface area contributed by atoms with Gasteiger partial charge in [0.15, 0.2) is 0 Å². The summed E-state index contributed by atoms with van der Waals surface area (Å²) in [7, 11) is 3.24. The standard InChI is InChI=1S/C20H18N4O4S/c1-25-14-9-7-13(8-10-14)11-17-22-23-20(27-17)29-12-18-21-19(24-28-18)15-5-3-4-6-16(15)26-2/h3-10H,11-12H2,1-2H3. The zero-order valence-electron chi connectivity index (χ0n) is 15.9. The highest BCUT2D eigenvalue weighted by Crippen LogP contribution is 2.28. The van der Waals surface area contributed by atoms with Crippen molar-refractivity contribution in [2.24, 2.45) is 0 Å². The molecule has 148 valence electrons. The molecule has 4 rings (SSSR count). The van der Waals surface area contributed by atoms with Crippen molar-refractivity contribution in [3.63, 3.8) is 0 Å². The van der Waals surface area contributed by atoms with Crippen LogP contribution in [-0.2, 0) is 12.2 Å². The van der Waals surface area contributed by atoms with Crippen LogP contribution in [0.4, 0.5) is 0 Å². The van der Waals surface area contributed by atoms with E-state index in [0.717, 1.165) is 16.9 Å². The molecular formula is C20H18N4O4S. The minimum atomic E-state index is 0.423. The van der Waals surface area contributed by atoms with Crippen molar-refractivity contribution in [2.45, 2.75) is 17.4 Å². The van der Waals surface area contributed by atoms with Crippen molar-refractivity contribution in [3.05, 3.63) is 65.9 Å². The average Bonchev–Trinajstić information content (AvgIpc) is 3.42. The van der Waals surface area contributed by atoms with Gasteiger partial charge in [0.25, 0.3) is 5.22 Å². The number of benzene rings is 2. The summed E-state index contributed by atoms with van der Waals surface area (Å²) in [6.07, 6.45) is 0.552. The third-order valence-corrected chi connectivity index (χ3v) is 4.90. The molecule has 0 unspecified atom stereocenters. The molecule has 2 aromatic heterocycles. The fourth-order valence-corrected chi connectivity index (χ4v) is 3.28. The third-order valence-electron chi connectivity index (χ3n) is 4.10. The van der Waals surface area contributed by atoms with Crippen molar-refractivity contribution in [2.75, 3.05) is 14.2 Å². The van der Waals surface area contributed by atoms with Crippen molar-refractivity contribution < 1.29 is 18.4 Å². The second kappa shape index (κ2) is 8.78. The van der Waals surface area contributed by atoms with E-state index in [0.29, 0.717) is 40.8 Å². The minimum Gasteiger partial charge on any atom is -0.497 e. The highest BCUT2D eigenvalue weighted by atomic mass is 32.2. The summed E-state index contributed by atoms with van der Waals surface area (Å²) >= 11 is 1.34. The van der Waals surface area contributed by atoms with Crippen LogP contribution in [0, 0.1) is 0 Å². The normalized spacial score (nSPS) is 10.8. The van der Waals surface area contributed by atoms with Gasteiger partial charge in [-0.1, -0.05) is 41.2 Å². The highest BCUT2D eigenvalue weighted by Gasteiger charge is 2.15. The molecular weight excluding hydrogens is 392 g/mol. The maximum absolute atomic E-state index is 5.69. The molecule has 2 heterocycles. The zero-order chi connectivity index (χ0) is 20.1. The van der Waals surface area contributed by atoms with Gasteiger partial charge in [-0.25, -0.2) is 0 Å². The van der Waals surface area contributed by atoms with Crippen molar-refractivity contribution >= 4 is 11.8 Å². The summed E-state index contributed by atoms with van der Waals surface area (Å²) in [6.45, 7) is 0. The maximum Gasteiger partial charge on any atom is 0.277 e. The number of para-hydroxylation sites is 1. The van der Waals surface area contributed by atoms with Crippen LogP contribution in [0.15, 0.2) is 62.7 Å². The molecule has 0 bridgehead atoms. The van der Waals surface area contributed by atoms with Gasteiger partial charge >= 0.3 is 0 Å². The summed E-state index contributed by atoms with van der Waals surface area (Å²) in [5, 5.41) is 12.6. The number of aromatic nitrogens is 4. The first-order valence-electron chi connectivity index (χ1n) is 8.79.